The van der Waals surface area contributed by atoms with Crippen molar-refractivity contribution in [3.05, 3.63) is 35.6 Å². The highest BCUT2D eigenvalue weighted by Crippen LogP contribution is 2.26. The lowest BCUT2D eigenvalue weighted by Gasteiger charge is -2.10. The van der Waals surface area contributed by atoms with Gasteiger partial charge in [-0.3, -0.25) is 0 Å². The Kier molecular flexibility index (Phi) is 2.30. The predicted octanol–water partition coefficient (Wildman–Crippen LogP) is 3.02. The van der Waals surface area contributed by atoms with Gasteiger partial charge >= 0.3 is 0 Å². The van der Waals surface area contributed by atoms with Crippen LogP contribution in [0.4, 0.5) is 0 Å². The van der Waals surface area contributed by atoms with E-state index < -0.39 is 0 Å². The number of nitrogens with one attached hydrogen (secondary N) is 1. The normalized spacial score (nSPS) is 13.4. The van der Waals surface area contributed by atoms with Crippen LogP contribution in [0.5, 0.6) is 0 Å². The van der Waals surface area contributed by atoms with Gasteiger partial charge in [-0.15, -0.1) is 0 Å². The highest BCUT2D eigenvalue weighted by atomic mass is 16.3. The zero-order valence-corrected chi connectivity index (χ0v) is 8.79. The molecule has 0 amide bonds. The van der Waals surface area contributed by atoms with E-state index in [9.17, 15) is 0 Å². The first-order valence-electron chi connectivity index (χ1n) is 4.88. The fourth-order valence-electron chi connectivity index (χ4n) is 1.74. The van der Waals surface area contributed by atoms with E-state index in [1.807, 2.05) is 26.1 Å². The highest BCUT2D eigenvalue weighted by molar-refractivity contribution is 5.82. The molecule has 1 unspecified atom stereocenters. The minimum absolute atomic E-state index is 0.357. The molecule has 0 bridgehead atoms. The number of hydrogen-bond acceptors (Lipinski definition) is 2. The Balaban J connectivity index is 2.64. The summed E-state index contributed by atoms with van der Waals surface area (Å²) in [6, 6.07) is 8.63. The lowest BCUT2D eigenvalue weighted by molar-refractivity contribution is 0.578. The smallest absolute Gasteiger partial charge is 0.134 e. The summed E-state index contributed by atoms with van der Waals surface area (Å²) >= 11 is 0. The second-order valence-corrected chi connectivity index (χ2v) is 3.63. The fraction of sp³-hybridized carbons (Fsp3) is 0.333. The summed E-state index contributed by atoms with van der Waals surface area (Å²) in [5.74, 6) is 0.968. The lowest BCUT2D eigenvalue weighted by atomic mass is 10.0. The summed E-state index contributed by atoms with van der Waals surface area (Å²) in [6.45, 7) is 4.13. The van der Waals surface area contributed by atoms with E-state index in [4.69, 9.17) is 4.42 Å². The van der Waals surface area contributed by atoms with Gasteiger partial charge in [0.2, 0.25) is 0 Å². The maximum absolute atomic E-state index is 5.58. The molecule has 0 saturated heterocycles. The van der Waals surface area contributed by atoms with Crippen LogP contribution in [0, 0.1) is 6.92 Å². The van der Waals surface area contributed by atoms with Gasteiger partial charge in [-0.25, -0.2) is 0 Å². The van der Waals surface area contributed by atoms with Crippen molar-refractivity contribution < 1.29 is 4.42 Å². The van der Waals surface area contributed by atoms with Crippen LogP contribution in [-0.2, 0) is 0 Å². The second kappa shape index (κ2) is 3.46. The van der Waals surface area contributed by atoms with Crippen LogP contribution in [-0.4, -0.2) is 7.05 Å². The third-order valence-corrected chi connectivity index (χ3v) is 2.62. The number of hydrogen-bond donors (Lipinski definition) is 1. The molecule has 74 valence electrons. The van der Waals surface area contributed by atoms with Crippen LogP contribution in [0.2, 0.25) is 0 Å². The average molecular weight is 189 g/mol. The van der Waals surface area contributed by atoms with Crippen molar-refractivity contribution in [2.24, 2.45) is 0 Å². The van der Waals surface area contributed by atoms with E-state index in [0.717, 1.165) is 11.3 Å². The van der Waals surface area contributed by atoms with Gasteiger partial charge in [0, 0.05) is 11.4 Å². The van der Waals surface area contributed by atoms with E-state index in [0.29, 0.717) is 6.04 Å². The summed E-state index contributed by atoms with van der Waals surface area (Å²) in [4.78, 5) is 0. The number of fused-ring (bicyclic) bond motifs is 1. The van der Waals surface area contributed by atoms with E-state index in [1.54, 1.807) is 0 Å². The van der Waals surface area contributed by atoms with E-state index in [2.05, 4.69) is 24.4 Å². The molecular weight excluding hydrogens is 174 g/mol. The molecular formula is C12H15NO. The molecule has 1 heterocycles. The zero-order chi connectivity index (χ0) is 10.1. The van der Waals surface area contributed by atoms with Crippen LogP contribution in [0.3, 0.4) is 0 Å². The Bertz CT molecular complexity index is 445. The monoisotopic (exact) mass is 189 g/mol. The molecule has 14 heavy (non-hydrogen) atoms. The van der Waals surface area contributed by atoms with Crippen molar-refractivity contribution in [3.8, 4) is 0 Å². The first kappa shape index (κ1) is 9.28. The SMILES string of the molecule is CNC(C)c1cccc2oc(C)cc12. The molecule has 1 atom stereocenters. The lowest BCUT2D eigenvalue weighted by Crippen LogP contribution is -2.12. The van der Waals surface area contributed by atoms with Crippen LogP contribution in [0.1, 0.15) is 24.3 Å². The van der Waals surface area contributed by atoms with Crippen molar-refractivity contribution in [3.63, 3.8) is 0 Å². The first-order valence-corrected chi connectivity index (χ1v) is 4.88. The summed E-state index contributed by atoms with van der Waals surface area (Å²) in [5, 5.41) is 4.46. The molecule has 2 aromatic rings. The highest BCUT2D eigenvalue weighted by Gasteiger charge is 2.09. The van der Waals surface area contributed by atoms with Crippen molar-refractivity contribution in [1.29, 1.82) is 0 Å². The molecule has 0 radical (unpaired) electrons. The Morgan fingerprint density at radius 3 is 2.86 bits per heavy atom. The molecule has 0 aliphatic rings. The first-order chi connectivity index (χ1) is 6.72. The van der Waals surface area contributed by atoms with E-state index >= 15 is 0 Å². The van der Waals surface area contributed by atoms with Crippen molar-refractivity contribution >= 4 is 11.0 Å². The number of rotatable bonds is 2. The van der Waals surface area contributed by atoms with Crippen molar-refractivity contribution in [2.45, 2.75) is 19.9 Å². The molecule has 2 heteroatoms. The molecule has 0 aliphatic heterocycles. The minimum Gasteiger partial charge on any atom is -0.461 e. The van der Waals surface area contributed by atoms with Crippen LogP contribution in [0.25, 0.3) is 11.0 Å². The topological polar surface area (TPSA) is 25.2 Å². The molecule has 0 spiro atoms. The van der Waals surface area contributed by atoms with Crippen LogP contribution >= 0.6 is 0 Å². The van der Waals surface area contributed by atoms with Gasteiger partial charge in [0.1, 0.15) is 11.3 Å². The molecule has 2 rings (SSSR count). The van der Waals surface area contributed by atoms with Gasteiger partial charge in [-0.2, -0.15) is 0 Å². The van der Waals surface area contributed by atoms with E-state index in [-0.39, 0.29) is 0 Å². The quantitative estimate of drug-likeness (QED) is 0.785. The van der Waals surface area contributed by atoms with Gasteiger partial charge in [0.25, 0.3) is 0 Å². The predicted molar refractivity (Wildman–Crippen MR) is 58.4 cm³/mol. The zero-order valence-electron chi connectivity index (χ0n) is 8.79. The van der Waals surface area contributed by atoms with Crippen LogP contribution < -0.4 is 5.32 Å². The number of aryl methyl sites for hydroxylation is 1. The molecule has 1 aromatic carbocycles. The molecule has 2 nitrogen and oxygen atoms in total. The third kappa shape index (κ3) is 1.42. The van der Waals surface area contributed by atoms with Gasteiger partial charge < -0.3 is 9.73 Å². The fourth-order valence-corrected chi connectivity index (χ4v) is 1.74. The summed E-state index contributed by atoms with van der Waals surface area (Å²) in [5.41, 5.74) is 2.27. The Hall–Kier alpha value is -1.28. The minimum atomic E-state index is 0.357. The van der Waals surface area contributed by atoms with E-state index in [1.165, 1.54) is 10.9 Å². The van der Waals surface area contributed by atoms with Gasteiger partial charge in [-0.05, 0) is 38.6 Å². The maximum atomic E-state index is 5.58. The molecule has 0 saturated carbocycles. The Labute approximate surface area is 83.9 Å². The second-order valence-electron chi connectivity index (χ2n) is 3.63. The summed E-state index contributed by atoms with van der Waals surface area (Å²) < 4.78 is 5.58. The molecule has 1 N–H and O–H groups in total. The number of benzene rings is 1. The largest absolute Gasteiger partial charge is 0.461 e. The average Bonchev–Trinajstić information content (AvgIpc) is 2.56. The Morgan fingerprint density at radius 2 is 2.14 bits per heavy atom. The summed E-state index contributed by atoms with van der Waals surface area (Å²) in [6.07, 6.45) is 0. The Morgan fingerprint density at radius 1 is 1.36 bits per heavy atom. The van der Waals surface area contributed by atoms with Gasteiger partial charge in [0.15, 0.2) is 0 Å². The molecule has 1 aromatic heterocycles. The maximum Gasteiger partial charge on any atom is 0.134 e. The van der Waals surface area contributed by atoms with Gasteiger partial charge in [-0.1, -0.05) is 12.1 Å². The van der Waals surface area contributed by atoms with Gasteiger partial charge in [0.05, 0.1) is 0 Å². The van der Waals surface area contributed by atoms with Crippen molar-refractivity contribution in [2.75, 3.05) is 7.05 Å². The summed E-state index contributed by atoms with van der Waals surface area (Å²) in [7, 11) is 1.97. The number of furan rings is 1. The standard InChI is InChI=1S/C12H15NO/c1-8-7-11-10(9(2)13-3)5-4-6-12(11)14-8/h4-7,9,13H,1-3H3. The van der Waals surface area contributed by atoms with Crippen molar-refractivity contribution in [1.82, 2.24) is 5.32 Å². The molecule has 0 aliphatic carbocycles. The third-order valence-electron chi connectivity index (χ3n) is 2.62. The molecule has 0 fully saturated rings. The van der Waals surface area contributed by atoms with Crippen LogP contribution in [0.15, 0.2) is 28.7 Å².